The summed E-state index contributed by atoms with van der Waals surface area (Å²) in [6.45, 7) is 0. The van der Waals surface area contributed by atoms with E-state index in [1.807, 2.05) is 0 Å². The number of alkyl halides is 2. The van der Waals surface area contributed by atoms with Gasteiger partial charge < -0.3 is 14.9 Å². The van der Waals surface area contributed by atoms with Crippen molar-refractivity contribution in [1.82, 2.24) is 4.98 Å². The molecule has 0 aliphatic rings. The topological polar surface area (TPSA) is 65.3 Å². The number of pyridine rings is 1. The van der Waals surface area contributed by atoms with Crippen molar-refractivity contribution in [1.29, 1.82) is 0 Å². The number of hydrogen-bond donors (Lipinski definition) is 0. The second-order valence-electron chi connectivity index (χ2n) is 2.45. The normalized spacial score (nSPS) is 10.5. The number of aromatic nitrogens is 1. The Morgan fingerprint density at radius 2 is 2.27 bits per heavy atom. The molecule has 0 aliphatic carbocycles. The second-order valence-corrected chi connectivity index (χ2v) is 3.30. The van der Waals surface area contributed by atoms with Crippen molar-refractivity contribution in [3.05, 3.63) is 26.2 Å². The highest BCUT2D eigenvalue weighted by Gasteiger charge is 2.25. The Morgan fingerprint density at radius 1 is 1.67 bits per heavy atom. The monoisotopic (exact) mass is 282 g/mol. The summed E-state index contributed by atoms with van der Waals surface area (Å²) in [6, 6.07) is 0.925. The van der Waals surface area contributed by atoms with Crippen LogP contribution >= 0.6 is 15.9 Å². The Balaban J connectivity index is 3.35. The predicted molar refractivity (Wildman–Crippen MR) is 50.1 cm³/mol. The SMILES string of the molecule is COc1nc([N+](=O)[O-])c(Br)cc1C(F)F. The largest absolute Gasteiger partial charge is 0.462 e. The van der Waals surface area contributed by atoms with Gasteiger partial charge in [-0.2, -0.15) is 0 Å². The molecule has 5 nitrogen and oxygen atoms in total. The highest BCUT2D eigenvalue weighted by molar-refractivity contribution is 9.10. The molecule has 0 radical (unpaired) electrons. The van der Waals surface area contributed by atoms with E-state index >= 15 is 0 Å². The van der Waals surface area contributed by atoms with Crippen molar-refractivity contribution < 1.29 is 18.4 Å². The number of methoxy groups -OCH3 is 1. The van der Waals surface area contributed by atoms with Gasteiger partial charge in [-0.05, 0) is 26.9 Å². The average molecular weight is 283 g/mol. The van der Waals surface area contributed by atoms with Crippen LogP contribution in [0.2, 0.25) is 0 Å². The van der Waals surface area contributed by atoms with Gasteiger partial charge in [0.1, 0.15) is 10.0 Å². The molecular weight excluding hydrogens is 278 g/mol. The zero-order chi connectivity index (χ0) is 11.6. The van der Waals surface area contributed by atoms with Gasteiger partial charge in [0.25, 0.3) is 6.43 Å². The summed E-state index contributed by atoms with van der Waals surface area (Å²) in [4.78, 5) is 13.0. The Kier molecular flexibility index (Phi) is 3.51. The van der Waals surface area contributed by atoms with E-state index in [2.05, 4.69) is 25.7 Å². The number of ether oxygens (including phenoxy) is 1. The molecule has 1 heterocycles. The van der Waals surface area contributed by atoms with Crippen molar-refractivity contribution in [3.8, 4) is 5.88 Å². The van der Waals surface area contributed by atoms with E-state index in [1.165, 1.54) is 0 Å². The van der Waals surface area contributed by atoms with Crippen LogP contribution in [0.3, 0.4) is 0 Å². The molecule has 1 rings (SSSR count). The molecule has 1 aromatic heterocycles. The van der Waals surface area contributed by atoms with Gasteiger partial charge in [0.2, 0.25) is 0 Å². The molecule has 0 fully saturated rings. The first-order chi connectivity index (χ1) is 6.97. The molecule has 0 bridgehead atoms. The minimum Gasteiger partial charge on any atom is -0.462 e. The molecular formula is C7H5BrF2N2O3. The van der Waals surface area contributed by atoms with Crippen LogP contribution in [-0.4, -0.2) is 17.0 Å². The lowest BCUT2D eigenvalue weighted by Crippen LogP contribution is -2.00. The number of nitro groups is 1. The van der Waals surface area contributed by atoms with E-state index < -0.39 is 28.6 Å². The van der Waals surface area contributed by atoms with E-state index in [4.69, 9.17) is 0 Å². The molecule has 0 saturated carbocycles. The third-order valence-electron chi connectivity index (χ3n) is 1.55. The van der Waals surface area contributed by atoms with Crippen LogP contribution in [0.25, 0.3) is 0 Å². The Hall–Kier alpha value is -1.31. The van der Waals surface area contributed by atoms with Crippen molar-refractivity contribution >= 4 is 21.7 Å². The van der Waals surface area contributed by atoms with Crippen LogP contribution in [0.5, 0.6) is 5.88 Å². The molecule has 82 valence electrons. The van der Waals surface area contributed by atoms with E-state index in [-0.39, 0.29) is 4.47 Å². The van der Waals surface area contributed by atoms with E-state index in [1.54, 1.807) is 0 Å². The van der Waals surface area contributed by atoms with Gasteiger partial charge in [-0.25, -0.2) is 8.78 Å². The standard InChI is InChI=1S/C7H5BrF2N2O3/c1-15-7-3(5(9)10)2-4(8)6(11-7)12(13)14/h2,5H,1H3. The zero-order valence-corrected chi connectivity index (χ0v) is 8.99. The fraction of sp³-hybridized carbons (Fsp3) is 0.286. The summed E-state index contributed by atoms with van der Waals surface area (Å²) >= 11 is 2.79. The molecule has 1 aromatic rings. The zero-order valence-electron chi connectivity index (χ0n) is 7.41. The smallest absolute Gasteiger partial charge is 0.381 e. The van der Waals surface area contributed by atoms with Gasteiger partial charge in [-0.15, -0.1) is 0 Å². The molecule has 0 spiro atoms. The van der Waals surface area contributed by atoms with Crippen LogP contribution in [0, 0.1) is 10.1 Å². The number of rotatable bonds is 3. The Bertz CT molecular complexity index is 400. The van der Waals surface area contributed by atoms with E-state index in [0.29, 0.717) is 0 Å². The molecule has 0 aromatic carbocycles. The lowest BCUT2D eigenvalue weighted by atomic mass is 10.3. The van der Waals surface area contributed by atoms with Gasteiger partial charge in [-0.3, -0.25) is 0 Å². The third kappa shape index (κ3) is 2.38. The summed E-state index contributed by atoms with van der Waals surface area (Å²) in [5.41, 5.74) is -0.491. The molecule has 8 heteroatoms. The van der Waals surface area contributed by atoms with E-state index in [0.717, 1.165) is 13.2 Å². The van der Waals surface area contributed by atoms with Crippen molar-refractivity contribution in [2.24, 2.45) is 0 Å². The van der Waals surface area contributed by atoms with E-state index in [9.17, 15) is 18.9 Å². The van der Waals surface area contributed by atoms with Crippen LogP contribution in [0.15, 0.2) is 10.5 Å². The first-order valence-corrected chi connectivity index (χ1v) is 4.43. The van der Waals surface area contributed by atoms with Gasteiger partial charge in [-0.1, -0.05) is 0 Å². The van der Waals surface area contributed by atoms with Crippen LogP contribution < -0.4 is 4.74 Å². The first kappa shape index (κ1) is 11.8. The van der Waals surface area contributed by atoms with Gasteiger partial charge >= 0.3 is 11.7 Å². The van der Waals surface area contributed by atoms with Crippen molar-refractivity contribution in [2.75, 3.05) is 7.11 Å². The molecule has 0 unspecified atom stereocenters. The first-order valence-electron chi connectivity index (χ1n) is 3.64. The number of halogens is 3. The fourth-order valence-corrected chi connectivity index (χ4v) is 1.40. The molecule has 15 heavy (non-hydrogen) atoms. The van der Waals surface area contributed by atoms with Crippen molar-refractivity contribution in [2.45, 2.75) is 6.43 Å². The quantitative estimate of drug-likeness (QED) is 0.632. The molecule has 0 atom stereocenters. The highest BCUT2D eigenvalue weighted by atomic mass is 79.9. The van der Waals surface area contributed by atoms with Crippen LogP contribution in [0.4, 0.5) is 14.6 Å². The van der Waals surface area contributed by atoms with Crippen molar-refractivity contribution in [3.63, 3.8) is 0 Å². The summed E-state index contributed by atoms with van der Waals surface area (Å²) in [6.07, 6.45) is -2.80. The summed E-state index contributed by atoms with van der Waals surface area (Å²) < 4.78 is 29.3. The average Bonchev–Trinajstić information content (AvgIpc) is 2.16. The molecule has 0 aliphatic heterocycles. The minimum atomic E-state index is -2.80. The molecule has 0 amide bonds. The molecule has 0 saturated heterocycles. The Labute approximate surface area is 91.3 Å². The summed E-state index contributed by atoms with van der Waals surface area (Å²) in [7, 11) is 1.12. The lowest BCUT2D eigenvalue weighted by Gasteiger charge is -2.03. The number of nitrogens with zero attached hydrogens (tertiary/aromatic N) is 2. The molecule has 0 N–H and O–H groups in total. The minimum absolute atomic E-state index is 0.108. The lowest BCUT2D eigenvalue weighted by molar-refractivity contribution is -0.390. The van der Waals surface area contributed by atoms with Gasteiger partial charge in [0, 0.05) is 4.98 Å². The maximum Gasteiger partial charge on any atom is 0.381 e. The Morgan fingerprint density at radius 3 is 2.67 bits per heavy atom. The van der Waals surface area contributed by atoms with Gasteiger partial charge in [0.05, 0.1) is 7.11 Å². The maximum atomic E-state index is 12.4. The number of hydrogen-bond acceptors (Lipinski definition) is 4. The summed E-state index contributed by atoms with van der Waals surface area (Å²) in [5, 5.41) is 10.4. The highest BCUT2D eigenvalue weighted by Crippen LogP contribution is 2.34. The van der Waals surface area contributed by atoms with Crippen LogP contribution in [0.1, 0.15) is 12.0 Å². The maximum absolute atomic E-state index is 12.4. The third-order valence-corrected chi connectivity index (χ3v) is 2.14. The van der Waals surface area contributed by atoms with Crippen LogP contribution in [-0.2, 0) is 0 Å². The summed E-state index contributed by atoms with van der Waals surface area (Å²) in [5.74, 6) is -1.00. The fourth-order valence-electron chi connectivity index (χ4n) is 0.925. The van der Waals surface area contributed by atoms with Gasteiger partial charge in [0.15, 0.2) is 0 Å². The second kappa shape index (κ2) is 4.47. The predicted octanol–water partition coefficient (Wildman–Crippen LogP) is 2.70.